The van der Waals surface area contributed by atoms with Gasteiger partial charge in [0.15, 0.2) is 6.61 Å². The lowest BCUT2D eigenvalue weighted by molar-refractivity contribution is -0.152. The van der Waals surface area contributed by atoms with E-state index in [0.29, 0.717) is 12.5 Å². The van der Waals surface area contributed by atoms with E-state index in [-0.39, 0.29) is 30.8 Å². The van der Waals surface area contributed by atoms with E-state index in [9.17, 15) is 14.4 Å². The van der Waals surface area contributed by atoms with Gasteiger partial charge in [-0.05, 0) is 17.4 Å². The van der Waals surface area contributed by atoms with Crippen molar-refractivity contribution < 1.29 is 19.1 Å². The first-order valence-electron chi connectivity index (χ1n) is 8.56. The zero-order valence-electron chi connectivity index (χ0n) is 15.4. The summed E-state index contributed by atoms with van der Waals surface area (Å²) in [7, 11) is 0. The third-order valence-electron chi connectivity index (χ3n) is 3.50. The molecule has 0 fully saturated rings. The first kappa shape index (κ1) is 20.7. The van der Waals surface area contributed by atoms with Crippen molar-refractivity contribution in [1.29, 1.82) is 0 Å². The van der Waals surface area contributed by atoms with Crippen LogP contribution in [0, 0.1) is 11.8 Å². The molecule has 1 atom stereocenters. The fraction of sp³-hybridized carbons (Fsp3) is 0.526. The number of esters is 1. The molecule has 0 spiro atoms. The fourth-order valence-corrected chi connectivity index (χ4v) is 2.10. The van der Waals surface area contributed by atoms with Gasteiger partial charge in [0.2, 0.25) is 5.91 Å². The van der Waals surface area contributed by atoms with Gasteiger partial charge >= 0.3 is 5.97 Å². The Hall–Kier alpha value is -2.37. The SMILES string of the molecule is CC(C)CNC(=O)COC(=O)[C@@H](NC(=O)Cc1ccccc1)C(C)C. The third-order valence-corrected chi connectivity index (χ3v) is 3.50. The van der Waals surface area contributed by atoms with Crippen LogP contribution in [0.1, 0.15) is 33.3 Å². The van der Waals surface area contributed by atoms with Gasteiger partial charge in [-0.15, -0.1) is 0 Å². The molecule has 1 aromatic rings. The summed E-state index contributed by atoms with van der Waals surface area (Å²) >= 11 is 0. The summed E-state index contributed by atoms with van der Waals surface area (Å²) in [5.74, 6) is -1.03. The molecular weight excluding hydrogens is 320 g/mol. The normalized spacial score (nSPS) is 11.9. The van der Waals surface area contributed by atoms with Crippen LogP contribution < -0.4 is 10.6 Å². The Kier molecular flexibility index (Phi) is 8.67. The average molecular weight is 348 g/mol. The lowest BCUT2D eigenvalue weighted by Gasteiger charge is -2.21. The summed E-state index contributed by atoms with van der Waals surface area (Å²) in [4.78, 5) is 36.0. The number of carbonyl (C=O) groups excluding carboxylic acids is 3. The Morgan fingerprint density at radius 2 is 1.64 bits per heavy atom. The molecule has 0 aliphatic heterocycles. The van der Waals surface area contributed by atoms with Crippen LogP contribution in [0.2, 0.25) is 0 Å². The molecule has 6 heteroatoms. The highest BCUT2D eigenvalue weighted by Gasteiger charge is 2.26. The van der Waals surface area contributed by atoms with Gasteiger partial charge in [0.05, 0.1) is 6.42 Å². The molecule has 0 unspecified atom stereocenters. The molecule has 0 bridgehead atoms. The van der Waals surface area contributed by atoms with Gasteiger partial charge in [-0.25, -0.2) is 4.79 Å². The van der Waals surface area contributed by atoms with E-state index in [1.165, 1.54) is 0 Å². The molecule has 0 saturated carbocycles. The summed E-state index contributed by atoms with van der Waals surface area (Å²) in [6, 6.07) is 8.50. The maximum Gasteiger partial charge on any atom is 0.329 e. The number of hydrogen-bond donors (Lipinski definition) is 2. The summed E-state index contributed by atoms with van der Waals surface area (Å²) in [6.45, 7) is 7.76. The quantitative estimate of drug-likeness (QED) is 0.665. The largest absolute Gasteiger partial charge is 0.454 e. The van der Waals surface area contributed by atoms with Crippen molar-refractivity contribution in [2.24, 2.45) is 11.8 Å². The number of carbonyl (C=O) groups is 3. The first-order valence-corrected chi connectivity index (χ1v) is 8.56. The molecule has 0 aromatic heterocycles. The molecule has 25 heavy (non-hydrogen) atoms. The van der Waals surface area contributed by atoms with E-state index in [1.54, 1.807) is 0 Å². The second-order valence-corrected chi connectivity index (χ2v) is 6.76. The zero-order valence-corrected chi connectivity index (χ0v) is 15.4. The Morgan fingerprint density at radius 3 is 2.20 bits per heavy atom. The van der Waals surface area contributed by atoms with Crippen LogP contribution in [0.15, 0.2) is 30.3 Å². The lowest BCUT2D eigenvalue weighted by atomic mass is 10.0. The minimum atomic E-state index is -0.783. The molecule has 0 saturated heterocycles. The minimum Gasteiger partial charge on any atom is -0.454 e. The highest BCUT2D eigenvalue weighted by molar-refractivity contribution is 5.87. The Morgan fingerprint density at radius 1 is 1.00 bits per heavy atom. The average Bonchev–Trinajstić information content (AvgIpc) is 2.56. The summed E-state index contributed by atoms with van der Waals surface area (Å²) in [5.41, 5.74) is 0.865. The molecule has 0 heterocycles. The molecule has 1 aromatic carbocycles. The van der Waals surface area contributed by atoms with Crippen molar-refractivity contribution in [3.05, 3.63) is 35.9 Å². The monoisotopic (exact) mass is 348 g/mol. The minimum absolute atomic E-state index is 0.147. The highest BCUT2D eigenvalue weighted by atomic mass is 16.5. The van der Waals surface area contributed by atoms with Gasteiger partial charge in [-0.3, -0.25) is 9.59 Å². The van der Waals surface area contributed by atoms with Gasteiger partial charge in [0.1, 0.15) is 6.04 Å². The number of benzene rings is 1. The molecule has 0 aliphatic rings. The zero-order chi connectivity index (χ0) is 18.8. The van der Waals surface area contributed by atoms with Crippen LogP contribution in [-0.2, 0) is 25.5 Å². The number of ether oxygens (including phenoxy) is 1. The summed E-state index contributed by atoms with van der Waals surface area (Å²) < 4.78 is 5.04. The number of nitrogens with one attached hydrogen (secondary N) is 2. The fourth-order valence-electron chi connectivity index (χ4n) is 2.10. The predicted molar refractivity (Wildman–Crippen MR) is 95.7 cm³/mol. The molecule has 2 N–H and O–H groups in total. The van der Waals surface area contributed by atoms with Crippen LogP contribution >= 0.6 is 0 Å². The molecular formula is C19H28N2O4. The summed E-state index contributed by atoms with van der Waals surface area (Å²) in [5, 5.41) is 5.37. The smallest absolute Gasteiger partial charge is 0.329 e. The van der Waals surface area contributed by atoms with E-state index in [2.05, 4.69) is 10.6 Å². The molecule has 1 rings (SSSR count). The van der Waals surface area contributed by atoms with Gasteiger partial charge in [-0.2, -0.15) is 0 Å². The van der Waals surface area contributed by atoms with Gasteiger partial charge in [-0.1, -0.05) is 58.0 Å². The Bertz CT molecular complexity index is 570. The van der Waals surface area contributed by atoms with Gasteiger partial charge in [0.25, 0.3) is 5.91 Å². The van der Waals surface area contributed by atoms with Gasteiger partial charge < -0.3 is 15.4 Å². The van der Waals surface area contributed by atoms with Crippen LogP contribution in [0.3, 0.4) is 0 Å². The molecule has 2 amide bonds. The van der Waals surface area contributed by atoms with Crippen LogP contribution in [0.25, 0.3) is 0 Å². The standard InChI is InChI=1S/C19H28N2O4/c1-13(2)11-20-17(23)12-25-19(24)18(14(3)4)21-16(22)10-15-8-6-5-7-9-15/h5-9,13-14,18H,10-12H2,1-4H3,(H,20,23)(H,21,22)/t18-/m0/s1. The maximum absolute atomic E-state index is 12.2. The van der Waals surface area contributed by atoms with Crippen molar-refractivity contribution in [3.8, 4) is 0 Å². The van der Waals surface area contributed by atoms with E-state index in [0.717, 1.165) is 5.56 Å². The number of rotatable bonds is 9. The molecule has 0 aliphatic carbocycles. The van der Waals surface area contributed by atoms with E-state index in [1.807, 2.05) is 58.0 Å². The van der Waals surface area contributed by atoms with Crippen molar-refractivity contribution in [1.82, 2.24) is 10.6 Å². The summed E-state index contributed by atoms with van der Waals surface area (Å²) in [6.07, 6.45) is 0.187. The molecule has 138 valence electrons. The second-order valence-electron chi connectivity index (χ2n) is 6.76. The van der Waals surface area contributed by atoms with Crippen LogP contribution in [0.4, 0.5) is 0 Å². The van der Waals surface area contributed by atoms with Crippen LogP contribution in [-0.4, -0.2) is 37.0 Å². The van der Waals surface area contributed by atoms with Crippen molar-refractivity contribution in [2.75, 3.05) is 13.2 Å². The van der Waals surface area contributed by atoms with Crippen molar-refractivity contribution >= 4 is 17.8 Å². The molecule has 0 radical (unpaired) electrons. The van der Waals surface area contributed by atoms with Crippen molar-refractivity contribution in [2.45, 2.75) is 40.2 Å². The number of hydrogen-bond acceptors (Lipinski definition) is 4. The van der Waals surface area contributed by atoms with Crippen LogP contribution in [0.5, 0.6) is 0 Å². The predicted octanol–water partition coefficient (Wildman–Crippen LogP) is 1.69. The van der Waals surface area contributed by atoms with Crippen molar-refractivity contribution in [3.63, 3.8) is 0 Å². The molecule has 6 nitrogen and oxygen atoms in total. The van der Waals surface area contributed by atoms with Gasteiger partial charge in [0, 0.05) is 6.54 Å². The van der Waals surface area contributed by atoms with E-state index >= 15 is 0 Å². The third kappa shape index (κ3) is 8.33. The maximum atomic E-state index is 12.2. The van der Waals surface area contributed by atoms with E-state index < -0.39 is 12.0 Å². The van der Waals surface area contributed by atoms with E-state index in [4.69, 9.17) is 4.74 Å². The second kappa shape index (κ2) is 10.5. The number of amides is 2. The Balaban J connectivity index is 2.50. The lowest BCUT2D eigenvalue weighted by Crippen LogP contribution is -2.46. The topological polar surface area (TPSA) is 84.5 Å². The highest BCUT2D eigenvalue weighted by Crippen LogP contribution is 2.06. The first-order chi connectivity index (χ1) is 11.8. The Labute approximate surface area is 149 Å².